The lowest BCUT2D eigenvalue weighted by molar-refractivity contribution is -0.109. The Balaban J connectivity index is 2.52. The molecule has 0 aliphatic rings. The number of aliphatic hydroxyl groups is 1. The quantitative estimate of drug-likeness (QED) is 0.795. The van der Waals surface area contributed by atoms with E-state index >= 15 is 0 Å². The van der Waals surface area contributed by atoms with Gasteiger partial charge in [-0.05, 0) is 48.1 Å². The monoisotopic (exact) mass is 242 g/mol. The molecule has 0 bridgehead atoms. The zero-order valence-electron chi connectivity index (χ0n) is 10.4. The standard InChI is InChI=1S/C13H22O2S/c1-4-13(5-2,15-3)12(14)7-6-11-8-9-16-10-11/h8-10,12,14H,4-7H2,1-3H3. The summed E-state index contributed by atoms with van der Waals surface area (Å²) in [4.78, 5) is 0. The number of methoxy groups -OCH3 is 1. The molecule has 1 unspecified atom stereocenters. The van der Waals surface area contributed by atoms with Gasteiger partial charge in [0.05, 0.1) is 11.7 Å². The van der Waals surface area contributed by atoms with Crippen molar-refractivity contribution in [3.05, 3.63) is 22.4 Å². The Morgan fingerprint density at radius 1 is 1.44 bits per heavy atom. The highest BCUT2D eigenvalue weighted by molar-refractivity contribution is 7.07. The van der Waals surface area contributed by atoms with Crippen LogP contribution >= 0.6 is 11.3 Å². The van der Waals surface area contributed by atoms with E-state index in [1.54, 1.807) is 18.4 Å². The van der Waals surface area contributed by atoms with E-state index in [-0.39, 0.29) is 11.7 Å². The average molecular weight is 242 g/mol. The van der Waals surface area contributed by atoms with Crippen LogP contribution in [0.1, 0.15) is 38.7 Å². The van der Waals surface area contributed by atoms with E-state index in [1.165, 1.54) is 5.56 Å². The van der Waals surface area contributed by atoms with Gasteiger partial charge in [0.15, 0.2) is 0 Å². The lowest BCUT2D eigenvalue weighted by Crippen LogP contribution is -2.43. The van der Waals surface area contributed by atoms with Gasteiger partial charge >= 0.3 is 0 Å². The van der Waals surface area contributed by atoms with Gasteiger partial charge in [0, 0.05) is 7.11 Å². The third kappa shape index (κ3) is 3.06. The van der Waals surface area contributed by atoms with Crippen LogP contribution in [0.4, 0.5) is 0 Å². The topological polar surface area (TPSA) is 29.5 Å². The fourth-order valence-corrected chi connectivity index (χ4v) is 2.85. The smallest absolute Gasteiger partial charge is 0.0931 e. The summed E-state index contributed by atoms with van der Waals surface area (Å²) in [6.07, 6.45) is 3.02. The second-order valence-corrected chi connectivity index (χ2v) is 4.94. The first-order valence-electron chi connectivity index (χ1n) is 5.92. The van der Waals surface area contributed by atoms with E-state index in [1.807, 2.05) is 0 Å². The molecule has 0 aliphatic carbocycles. The number of hydrogen-bond acceptors (Lipinski definition) is 3. The molecule has 1 aromatic heterocycles. The maximum atomic E-state index is 10.2. The molecule has 1 rings (SSSR count). The highest BCUT2D eigenvalue weighted by Crippen LogP contribution is 2.27. The molecule has 0 fully saturated rings. The van der Waals surface area contributed by atoms with Crippen LogP contribution in [0.25, 0.3) is 0 Å². The van der Waals surface area contributed by atoms with Gasteiger partial charge in [-0.25, -0.2) is 0 Å². The van der Waals surface area contributed by atoms with Gasteiger partial charge in [-0.1, -0.05) is 13.8 Å². The predicted molar refractivity (Wildman–Crippen MR) is 69.0 cm³/mol. The molecule has 1 N–H and O–H groups in total. The third-order valence-corrected chi connectivity index (χ3v) is 4.23. The lowest BCUT2D eigenvalue weighted by Gasteiger charge is -2.35. The summed E-state index contributed by atoms with van der Waals surface area (Å²) < 4.78 is 5.52. The van der Waals surface area contributed by atoms with Crippen molar-refractivity contribution in [3.8, 4) is 0 Å². The Morgan fingerprint density at radius 2 is 2.12 bits per heavy atom. The van der Waals surface area contributed by atoms with Crippen LogP contribution in [0.2, 0.25) is 0 Å². The molecular weight excluding hydrogens is 220 g/mol. The van der Waals surface area contributed by atoms with Crippen LogP contribution in [0.3, 0.4) is 0 Å². The van der Waals surface area contributed by atoms with Gasteiger partial charge in [-0.15, -0.1) is 0 Å². The molecular formula is C13H22O2S. The molecule has 0 saturated carbocycles. The van der Waals surface area contributed by atoms with E-state index in [2.05, 4.69) is 30.7 Å². The zero-order valence-corrected chi connectivity index (χ0v) is 11.2. The van der Waals surface area contributed by atoms with Crippen LogP contribution in [0.15, 0.2) is 16.8 Å². The summed E-state index contributed by atoms with van der Waals surface area (Å²) in [5, 5.41) is 14.4. The molecule has 0 aromatic carbocycles. The highest BCUT2D eigenvalue weighted by Gasteiger charge is 2.33. The Labute approximate surface area is 102 Å². The molecule has 92 valence electrons. The summed E-state index contributed by atoms with van der Waals surface area (Å²) in [6, 6.07) is 2.11. The first kappa shape index (κ1) is 13.7. The first-order valence-corrected chi connectivity index (χ1v) is 6.87. The van der Waals surface area contributed by atoms with Gasteiger partial charge in [0.25, 0.3) is 0 Å². The molecule has 0 amide bonds. The van der Waals surface area contributed by atoms with E-state index < -0.39 is 0 Å². The molecule has 1 aromatic rings. The van der Waals surface area contributed by atoms with Crippen molar-refractivity contribution >= 4 is 11.3 Å². The molecule has 0 aliphatic heterocycles. The summed E-state index contributed by atoms with van der Waals surface area (Å²) in [5.74, 6) is 0. The highest BCUT2D eigenvalue weighted by atomic mass is 32.1. The van der Waals surface area contributed by atoms with Gasteiger partial charge in [0.2, 0.25) is 0 Å². The van der Waals surface area contributed by atoms with E-state index in [9.17, 15) is 5.11 Å². The first-order chi connectivity index (χ1) is 7.68. The van der Waals surface area contributed by atoms with Crippen molar-refractivity contribution in [2.75, 3.05) is 7.11 Å². The SMILES string of the molecule is CCC(CC)(OC)C(O)CCc1ccsc1. The predicted octanol–water partition coefficient (Wildman–Crippen LogP) is 3.25. The number of ether oxygens (including phenoxy) is 1. The largest absolute Gasteiger partial charge is 0.390 e. The number of hydrogen-bond donors (Lipinski definition) is 1. The van der Waals surface area contributed by atoms with E-state index in [0.717, 1.165) is 25.7 Å². The van der Waals surface area contributed by atoms with Crippen molar-refractivity contribution in [1.29, 1.82) is 0 Å². The second kappa shape index (κ2) is 6.38. The molecule has 0 radical (unpaired) electrons. The van der Waals surface area contributed by atoms with Gasteiger partial charge in [0.1, 0.15) is 0 Å². The van der Waals surface area contributed by atoms with Crippen LogP contribution in [0.5, 0.6) is 0 Å². The zero-order chi connectivity index (χ0) is 12.0. The fourth-order valence-electron chi connectivity index (χ4n) is 2.15. The Morgan fingerprint density at radius 3 is 2.56 bits per heavy atom. The van der Waals surface area contributed by atoms with Crippen molar-refractivity contribution in [2.45, 2.75) is 51.2 Å². The molecule has 1 heterocycles. The Kier molecular flexibility index (Phi) is 5.46. The molecule has 16 heavy (non-hydrogen) atoms. The summed E-state index contributed by atoms with van der Waals surface area (Å²) in [5.41, 5.74) is 0.942. The fraction of sp³-hybridized carbons (Fsp3) is 0.692. The van der Waals surface area contributed by atoms with Crippen molar-refractivity contribution in [2.24, 2.45) is 0 Å². The number of aliphatic hydroxyl groups excluding tert-OH is 1. The minimum atomic E-state index is -0.382. The van der Waals surface area contributed by atoms with Crippen molar-refractivity contribution in [3.63, 3.8) is 0 Å². The maximum Gasteiger partial charge on any atom is 0.0931 e. The summed E-state index contributed by atoms with van der Waals surface area (Å²) in [6.45, 7) is 4.14. The molecule has 0 saturated heterocycles. The van der Waals surface area contributed by atoms with E-state index in [4.69, 9.17) is 4.74 Å². The summed E-state index contributed by atoms with van der Waals surface area (Å²) in [7, 11) is 1.70. The van der Waals surface area contributed by atoms with Gasteiger partial charge in [-0.3, -0.25) is 0 Å². The number of thiophene rings is 1. The summed E-state index contributed by atoms with van der Waals surface area (Å²) >= 11 is 1.70. The average Bonchev–Trinajstić information content (AvgIpc) is 2.82. The van der Waals surface area contributed by atoms with Crippen molar-refractivity contribution < 1.29 is 9.84 Å². The molecule has 2 nitrogen and oxygen atoms in total. The van der Waals surface area contributed by atoms with E-state index in [0.29, 0.717) is 0 Å². The third-order valence-electron chi connectivity index (χ3n) is 3.50. The van der Waals surface area contributed by atoms with Crippen molar-refractivity contribution in [1.82, 2.24) is 0 Å². The van der Waals surface area contributed by atoms with Crippen LogP contribution < -0.4 is 0 Å². The molecule has 3 heteroatoms. The number of rotatable bonds is 7. The normalized spacial score (nSPS) is 14.0. The van der Waals surface area contributed by atoms with Gasteiger partial charge in [-0.2, -0.15) is 11.3 Å². The van der Waals surface area contributed by atoms with Gasteiger partial charge < -0.3 is 9.84 Å². The Hall–Kier alpha value is -0.380. The number of aryl methyl sites for hydroxylation is 1. The minimum Gasteiger partial charge on any atom is -0.390 e. The molecule has 1 atom stereocenters. The van der Waals surface area contributed by atoms with Crippen LogP contribution in [-0.4, -0.2) is 23.9 Å². The maximum absolute atomic E-state index is 10.2. The van der Waals surface area contributed by atoms with Crippen LogP contribution in [-0.2, 0) is 11.2 Å². The Bertz CT molecular complexity index is 270. The lowest BCUT2D eigenvalue weighted by atomic mass is 9.87. The second-order valence-electron chi connectivity index (χ2n) is 4.16. The van der Waals surface area contributed by atoms with Crippen LogP contribution in [0, 0.1) is 0 Å². The minimum absolute atomic E-state index is 0.365. The molecule has 0 spiro atoms.